The van der Waals surface area contributed by atoms with Gasteiger partial charge in [-0.1, -0.05) is 11.2 Å². The predicted molar refractivity (Wildman–Crippen MR) is 70.2 cm³/mol. The number of carbonyl (C=O) groups is 1. The molecule has 0 saturated carbocycles. The Labute approximate surface area is 111 Å². The van der Waals surface area contributed by atoms with Gasteiger partial charge in [-0.15, -0.1) is 0 Å². The summed E-state index contributed by atoms with van der Waals surface area (Å²) in [5.41, 5.74) is 1.75. The average molecular weight is 263 g/mol. The van der Waals surface area contributed by atoms with Crippen molar-refractivity contribution in [3.8, 4) is 0 Å². The number of aliphatic hydroxyl groups is 1. The second kappa shape index (κ2) is 4.66. The molecule has 0 radical (unpaired) electrons. The van der Waals surface area contributed by atoms with Crippen molar-refractivity contribution in [3.05, 3.63) is 34.9 Å². The van der Waals surface area contributed by atoms with Crippen LogP contribution in [0.4, 0.5) is 0 Å². The van der Waals surface area contributed by atoms with Gasteiger partial charge >= 0.3 is 5.97 Å². The molecule has 0 spiro atoms. The molecule has 0 fully saturated rings. The molecule has 5 heteroatoms. The number of nitrogens with zero attached hydrogens (tertiary/aromatic N) is 1. The maximum atomic E-state index is 11.5. The van der Waals surface area contributed by atoms with Crippen molar-refractivity contribution in [1.82, 2.24) is 0 Å². The van der Waals surface area contributed by atoms with Gasteiger partial charge in [0.1, 0.15) is 11.8 Å². The molecule has 1 aromatic rings. The van der Waals surface area contributed by atoms with E-state index in [2.05, 4.69) is 5.16 Å². The average Bonchev–Trinajstić information content (AvgIpc) is 2.63. The Balaban J connectivity index is 2.34. The number of benzene rings is 1. The van der Waals surface area contributed by atoms with Gasteiger partial charge in [0.05, 0.1) is 12.7 Å². The first-order valence-electron chi connectivity index (χ1n) is 6.00. The van der Waals surface area contributed by atoms with E-state index in [9.17, 15) is 9.90 Å². The summed E-state index contributed by atoms with van der Waals surface area (Å²) in [7, 11) is 1.34. The quantitative estimate of drug-likeness (QED) is 0.824. The number of hydrogen-bond donors (Lipinski definition) is 1. The number of carbonyl (C=O) groups excluding carboxylic acids is 1. The predicted octanol–water partition coefficient (Wildman–Crippen LogP) is 1.66. The van der Waals surface area contributed by atoms with Gasteiger partial charge in [0.25, 0.3) is 0 Å². The molecule has 0 aromatic heterocycles. The van der Waals surface area contributed by atoms with Crippen LogP contribution in [-0.4, -0.2) is 35.6 Å². The van der Waals surface area contributed by atoms with Crippen LogP contribution in [0.15, 0.2) is 23.4 Å². The molecule has 1 N–H and O–H groups in total. The minimum atomic E-state index is -0.795. The van der Waals surface area contributed by atoms with E-state index in [1.165, 1.54) is 7.11 Å². The van der Waals surface area contributed by atoms with Gasteiger partial charge in [0.2, 0.25) is 0 Å². The van der Waals surface area contributed by atoms with Crippen molar-refractivity contribution in [2.45, 2.75) is 32.5 Å². The van der Waals surface area contributed by atoms with E-state index < -0.39 is 11.7 Å². The highest BCUT2D eigenvalue weighted by molar-refractivity contribution is 6.05. The van der Waals surface area contributed by atoms with Crippen LogP contribution in [0.1, 0.15) is 35.3 Å². The van der Waals surface area contributed by atoms with Gasteiger partial charge in [-0.2, -0.15) is 0 Å². The molecule has 102 valence electrons. The number of methoxy groups -OCH3 is 1. The Kier molecular flexibility index (Phi) is 3.32. The van der Waals surface area contributed by atoms with Gasteiger partial charge in [-0.3, -0.25) is 0 Å². The lowest BCUT2D eigenvalue weighted by molar-refractivity contribution is -0.0476. The topological polar surface area (TPSA) is 68.1 Å². The van der Waals surface area contributed by atoms with Crippen LogP contribution in [0.2, 0.25) is 0 Å². The lowest BCUT2D eigenvalue weighted by atomic mass is 9.92. The summed E-state index contributed by atoms with van der Waals surface area (Å²) in [4.78, 5) is 16.7. The van der Waals surface area contributed by atoms with Crippen molar-refractivity contribution in [3.63, 3.8) is 0 Å². The fraction of sp³-hybridized carbons (Fsp3) is 0.429. The SMILES string of the molecule is COC(=O)c1ccc(C2=NOC(C)(C)C2O)cc1C. The minimum Gasteiger partial charge on any atom is -0.465 e. The van der Waals surface area contributed by atoms with Gasteiger partial charge < -0.3 is 14.7 Å². The van der Waals surface area contributed by atoms with Crippen LogP contribution in [0.3, 0.4) is 0 Å². The van der Waals surface area contributed by atoms with E-state index in [4.69, 9.17) is 9.57 Å². The first-order chi connectivity index (χ1) is 8.86. The molecule has 19 heavy (non-hydrogen) atoms. The maximum absolute atomic E-state index is 11.5. The smallest absolute Gasteiger partial charge is 0.338 e. The molecule has 1 unspecified atom stereocenters. The lowest BCUT2D eigenvalue weighted by Crippen LogP contribution is -2.38. The molecular weight excluding hydrogens is 246 g/mol. The molecule has 0 aliphatic carbocycles. The number of aliphatic hydroxyl groups excluding tert-OH is 1. The summed E-state index contributed by atoms with van der Waals surface area (Å²) in [6.45, 7) is 5.34. The monoisotopic (exact) mass is 263 g/mol. The van der Waals surface area contributed by atoms with Crippen LogP contribution in [-0.2, 0) is 9.57 Å². The molecule has 0 bridgehead atoms. The lowest BCUT2D eigenvalue weighted by Gasteiger charge is -2.20. The molecule has 0 amide bonds. The number of hydrogen-bond acceptors (Lipinski definition) is 5. The second-order valence-electron chi connectivity index (χ2n) is 5.10. The van der Waals surface area contributed by atoms with Crippen molar-refractivity contribution < 1.29 is 19.5 Å². The normalized spacial score (nSPS) is 20.7. The summed E-state index contributed by atoms with van der Waals surface area (Å²) < 4.78 is 4.69. The molecule has 1 heterocycles. The fourth-order valence-corrected chi connectivity index (χ4v) is 1.97. The van der Waals surface area contributed by atoms with Crippen LogP contribution in [0, 0.1) is 6.92 Å². The van der Waals surface area contributed by atoms with E-state index in [0.29, 0.717) is 11.3 Å². The zero-order valence-corrected chi connectivity index (χ0v) is 11.4. The van der Waals surface area contributed by atoms with E-state index in [1.807, 2.05) is 6.92 Å². The fourth-order valence-electron chi connectivity index (χ4n) is 1.97. The Bertz CT molecular complexity index is 548. The van der Waals surface area contributed by atoms with E-state index >= 15 is 0 Å². The standard InChI is InChI=1S/C14H17NO4/c1-8-7-9(5-6-10(8)13(17)18-4)11-12(16)14(2,3)19-15-11/h5-7,12,16H,1-4H3. The van der Waals surface area contributed by atoms with Crippen LogP contribution < -0.4 is 0 Å². The molecule has 1 aliphatic rings. The molecule has 0 saturated heterocycles. The molecule has 1 aromatic carbocycles. The summed E-state index contributed by atoms with van der Waals surface area (Å²) in [6, 6.07) is 5.18. The summed E-state index contributed by atoms with van der Waals surface area (Å²) in [5, 5.41) is 14.1. The Morgan fingerprint density at radius 3 is 2.63 bits per heavy atom. The number of aryl methyl sites for hydroxylation is 1. The van der Waals surface area contributed by atoms with Crippen molar-refractivity contribution >= 4 is 11.7 Å². The first kappa shape index (κ1) is 13.5. The third-order valence-corrected chi connectivity index (χ3v) is 3.22. The van der Waals surface area contributed by atoms with Crippen molar-refractivity contribution in [2.75, 3.05) is 7.11 Å². The number of ether oxygens (including phenoxy) is 1. The highest BCUT2D eigenvalue weighted by Crippen LogP contribution is 2.27. The highest BCUT2D eigenvalue weighted by Gasteiger charge is 2.40. The van der Waals surface area contributed by atoms with Gasteiger partial charge in [-0.25, -0.2) is 4.79 Å². The van der Waals surface area contributed by atoms with E-state index in [1.54, 1.807) is 32.0 Å². The van der Waals surface area contributed by atoms with Crippen LogP contribution in [0.25, 0.3) is 0 Å². The van der Waals surface area contributed by atoms with Crippen molar-refractivity contribution in [1.29, 1.82) is 0 Å². The number of esters is 1. The van der Waals surface area contributed by atoms with Gasteiger partial charge in [0, 0.05) is 5.56 Å². The molecule has 1 aliphatic heterocycles. The zero-order valence-electron chi connectivity index (χ0n) is 11.4. The Morgan fingerprint density at radius 1 is 1.47 bits per heavy atom. The third kappa shape index (κ3) is 2.33. The number of oxime groups is 1. The van der Waals surface area contributed by atoms with Crippen LogP contribution >= 0.6 is 0 Å². The largest absolute Gasteiger partial charge is 0.465 e. The molecule has 1 atom stereocenters. The second-order valence-corrected chi connectivity index (χ2v) is 5.10. The van der Waals surface area contributed by atoms with Crippen molar-refractivity contribution in [2.24, 2.45) is 5.16 Å². The molecule has 5 nitrogen and oxygen atoms in total. The number of rotatable bonds is 2. The minimum absolute atomic E-state index is 0.380. The van der Waals surface area contributed by atoms with Gasteiger partial charge in [-0.05, 0) is 38.5 Å². The Morgan fingerprint density at radius 2 is 2.16 bits per heavy atom. The van der Waals surface area contributed by atoms with E-state index in [0.717, 1.165) is 11.1 Å². The summed E-state index contributed by atoms with van der Waals surface area (Å²) in [5.74, 6) is -0.380. The Hall–Kier alpha value is -1.88. The molecular formula is C14H17NO4. The third-order valence-electron chi connectivity index (χ3n) is 3.22. The zero-order chi connectivity index (χ0) is 14.2. The van der Waals surface area contributed by atoms with E-state index in [-0.39, 0.29) is 5.97 Å². The maximum Gasteiger partial charge on any atom is 0.338 e. The first-order valence-corrected chi connectivity index (χ1v) is 6.00. The van der Waals surface area contributed by atoms with Gasteiger partial charge in [0.15, 0.2) is 5.60 Å². The summed E-state index contributed by atoms with van der Waals surface area (Å²) >= 11 is 0. The molecule has 2 rings (SSSR count). The highest BCUT2D eigenvalue weighted by atomic mass is 16.7. The van der Waals surface area contributed by atoms with Crippen LogP contribution in [0.5, 0.6) is 0 Å². The summed E-state index contributed by atoms with van der Waals surface area (Å²) in [6.07, 6.45) is -0.795.